The van der Waals surface area contributed by atoms with Crippen LogP contribution in [0.2, 0.25) is 0 Å². The van der Waals surface area contributed by atoms with Gasteiger partial charge in [0.1, 0.15) is 0 Å². The number of para-hydroxylation sites is 2. The fourth-order valence-electron chi connectivity index (χ4n) is 2.88. The van der Waals surface area contributed by atoms with E-state index in [-0.39, 0.29) is 0 Å². The lowest BCUT2D eigenvalue weighted by molar-refractivity contribution is 1.12. The van der Waals surface area contributed by atoms with Gasteiger partial charge < -0.3 is 9.80 Å². The molecule has 0 amide bonds. The molecule has 1 heterocycles. The first-order valence-corrected chi connectivity index (χ1v) is 8.49. The van der Waals surface area contributed by atoms with E-state index in [0.717, 1.165) is 0 Å². The van der Waals surface area contributed by atoms with E-state index in [4.69, 9.17) is 0 Å². The number of rotatable bonds is 2. The second kappa shape index (κ2) is 5.67. The highest BCUT2D eigenvalue weighted by molar-refractivity contribution is 7.99. The molecule has 0 aromatic heterocycles. The van der Waals surface area contributed by atoms with Crippen molar-refractivity contribution >= 4 is 34.5 Å². The summed E-state index contributed by atoms with van der Waals surface area (Å²) in [5.41, 5.74) is 4.89. The van der Waals surface area contributed by atoms with Crippen LogP contribution in [0.4, 0.5) is 22.7 Å². The maximum absolute atomic E-state index is 2.35. The number of benzene rings is 3. The molecule has 1 aliphatic heterocycles. The first-order chi connectivity index (χ1) is 11.2. The zero-order valence-corrected chi connectivity index (χ0v) is 14.0. The highest BCUT2D eigenvalue weighted by Gasteiger charge is 2.23. The van der Waals surface area contributed by atoms with Crippen LogP contribution >= 0.6 is 11.8 Å². The van der Waals surface area contributed by atoms with Gasteiger partial charge >= 0.3 is 0 Å². The molecule has 3 heteroatoms. The van der Waals surface area contributed by atoms with Crippen molar-refractivity contribution in [3.05, 3.63) is 72.8 Å². The van der Waals surface area contributed by atoms with E-state index < -0.39 is 0 Å². The summed E-state index contributed by atoms with van der Waals surface area (Å²) in [6.45, 7) is 0. The molecule has 3 aromatic carbocycles. The molecule has 3 aromatic rings. The molecule has 0 spiro atoms. The third kappa shape index (κ3) is 2.47. The Morgan fingerprint density at radius 3 is 1.74 bits per heavy atom. The summed E-state index contributed by atoms with van der Waals surface area (Å²) in [4.78, 5) is 7.06. The Kier molecular flexibility index (Phi) is 3.50. The molecule has 114 valence electrons. The topological polar surface area (TPSA) is 6.48 Å². The molecular formula is C20H18N2S. The van der Waals surface area contributed by atoms with Crippen LogP contribution in [0.25, 0.3) is 0 Å². The lowest BCUT2D eigenvalue weighted by atomic mass is 10.1. The fraction of sp³-hybridized carbons (Fsp3) is 0.100. The van der Waals surface area contributed by atoms with Crippen LogP contribution in [0.5, 0.6) is 0 Å². The van der Waals surface area contributed by atoms with E-state index in [1.807, 2.05) is 11.8 Å². The zero-order chi connectivity index (χ0) is 15.8. The summed E-state index contributed by atoms with van der Waals surface area (Å²) < 4.78 is 0. The Bertz CT molecular complexity index is 795. The average molecular weight is 318 g/mol. The van der Waals surface area contributed by atoms with Gasteiger partial charge in [0.05, 0.1) is 11.4 Å². The third-order valence-corrected chi connectivity index (χ3v) is 5.19. The molecule has 0 aliphatic carbocycles. The number of nitrogens with zero attached hydrogens (tertiary/aromatic N) is 2. The van der Waals surface area contributed by atoms with Crippen LogP contribution in [-0.4, -0.2) is 14.1 Å². The van der Waals surface area contributed by atoms with E-state index in [2.05, 4.69) is 96.7 Å². The highest BCUT2D eigenvalue weighted by Crippen LogP contribution is 2.51. The lowest BCUT2D eigenvalue weighted by Crippen LogP contribution is -2.15. The van der Waals surface area contributed by atoms with Crippen molar-refractivity contribution in [3.8, 4) is 0 Å². The van der Waals surface area contributed by atoms with Crippen molar-refractivity contribution in [2.75, 3.05) is 23.9 Å². The maximum atomic E-state index is 2.35. The van der Waals surface area contributed by atoms with Gasteiger partial charge in [-0.2, -0.15) is 0 Å². The molecule has 0 N–H and O–H groups in total. The van der Waals surface area contributed by atoms with Crippen molar-refractivity contribution in [3.63, 3.8) is 0 Å². The first-order valence-electron chi connectivity index (χ1n) is 7.67. The van der Waals surface area contributed by atoms with Crippen molar-refractivity contribution in [1.29, 1.82) is 0 Å². The van der Waals surface area contributed by atoms with E-state index >= 15 is 0 Å². The summed E-state index contributed by atoms with van der Waals surface area (Å²) in [5.74, 6) is 0. The largest absolute Gasteiger partial charge is 0.378 e. The summed E-state index contributed by atoms with van der Waals surface area (Å²) in [6, 6.07) is 25.9. The first kappa shape index (κ1) is 14.2. The van der Waals surface area contributed by atoms with Gasteiger partial charge in [0.25, 0.3) is 0 Å². The standard InChI is InChI=1S/C20H18N2S/c1-21(2)15-11-13-16(14-12-15)22-17-7-3-5-9-19(17)23-20-10-6-4-8-18(20)22/h3-14H,1-2H3. The molecule has 0 fully saturated rings. The lowest BCUT2D eigenvalue weighted by Gasteiger charge is -2.33. The second-order valence-electron chi connectivity index (χ2n) is 5.78. The predicted octanol–water partition coefficient (Wildman–Crippen LogP) is 5.69. The van der Waals surface area contributed by atoms with Crippen LogP contribution in [0.1, 0.15) is 0 Å². The molecule has 0 radical (unpaired) electrons. The molecule has 23 heavy (non-hydrogen) atoms. The zero-order valence-electron chi connectivity index (χ0n) is 13.2. The minimum Gasteiger partial charge on any atom is -0.378 e. The average Bonchev–Trinajstić information content (AvgIpc) is 2.59. The molecule has 2 nitrogen and oxygen atoms in total. The quantitative estimate of drug-likeness (QED) is 0.469. The van der Waals surface area contributed by atoms with Crippen LogP contribution < -0.4 is 9.80 Å². The number of anilines is 4. The number of fused-ring (bicyclic) bond motifs is 2. The Labute approximate surface area is 141 Å². The summed E-state index contributed by atoms with van der Waals surface area (Å²) in [6.07, 6.45) is 0. The van der Waals surface area contributed by atoms with Crippen molar-refractivity contribution in [2.45, 2.75) is 9.79 Å². The maximum Gasteiger partial charge on any atom is 0.0601 e. The number of hydrogen-bond donors (Lipinski definition) is 0. The van der Waals surface area contributed by atoms with Gasteiger partial charge in [-0.3, -0.25) is 0 Å². The molecule has 4 rings (SSSR count). The minimum atomic E-state index is 1.19. The molecule has 1 aliphatic rings. The Morgan fingerprint density at radius 2 is 1.22 bits per heavy atom. The van der Waals surface area contributed by atoms with Gasteiger partial charge in [-0.15, -0.1) is 0 Å². The summed E-state index contributed by atoms with van der Waals surface area (Å²) >= 11 is 1.84. The fourth-order valence-corrected chi connectivity index (χ4v) is 3.94. The second-order valence-corrected chi connectivity index (χ2v) is 6.87. The van der Waals surface area contributed by atoms with E-state index in [1.165, 1.54) is 32.5 Å². The molecular weight excluding hydrogens is 300 g/mol. The van der Waals surface area contributed by atoms with Gasteiger partial charge in [0.15, 0.2) is 0 Å². The molecule has 0 atom stereocenters. The molecule has 0 bridgehead atoms. The molecule has 0 saturated carbocycles. The predicted molar refractivity (Wildman–Crippen MR) is 99.6 cm³/mol. The summed E-state index contributed by atoms with van der Waals surface area (Å²) in [5, 5.41) is 0. The molecule has 0 saturated heterocycles. The third-order valence-electron chi connectivity index (χ3n) is 4.06. The van der Waals surface area contributed by atoms with Gasteiger partial charge in [0, 0.05) is 35.3 Å². The van der Waals surface area contributed by atoms with Gasteiger partial charge in [0.2, 0.25) is 0 Å². The smallest absolute Gasteiger partial charge is 0.0601 e. The van der Waals surface area contributed by atoms with E-state index in [0.29, 0.717) is 0 Å². The van der Waals surface area contributed by atoms with Crippen LogP contribution in [-0.2, 0) is 0 Å². The highest BCUT2D eigenvalue weighted by atomic mass is 32.2. The minimum absolute atomic E-state index is 1.19. The monoisotopic (exact) mass is 318 g/mol. The van der Waals surface area contributed by atoms with Gasteiger partial charge in [-0.1, -0.05) is 36.0 Å². The van der Waals surface area contributed by atoms with E-state index in [1.54, 1.807) is 0 Å². The number of hydrogen-bond acceptors (Lipinski definition) is 3. The SMILES string of the molecule is CN(C)c1ccc(N2c3ccccc3Sc3ccccc32)cc1. The van der Waals surface area contributed by atoms with Crippen molar-refractivity contribution in [2.24, 2.45) is 0 Å². The summed E-state index contributed by atoms with van der Waals surface area (Å²) in [7, 11) is 4.13. The van der Waals surface area contributed by atoms with E-state index in [9.17, 15) is 0 Å². The Hall–Kier alpha value is -2.39. The van der Waals surface area contributed by atoms with Gasteiger partial charge in [-0.05, 0) is 48.5 Å². The van der Waals surface area contributed by atoms with Crippen LogP contribution in [0.3, 0.4) is 0 Å². The van der Waals surface area contributed by atoms with Crippen LogP contribution in [0.15, 0.2) is 82.6 Å². The Balaban J connectivity index is 1.87. The normalized spacial score (nSPS) is 12.5. The Morgan fingerprint density at radius 1 is 0.696 bits per heavy atom. The van der Waals surface area contributed by atoms with Crippen LogP contribution in [0, 0.1) is 0 Å². The van der Waals surface area contributed by atoms with Crippen molar-refractivity contribution in [1.82, 2.24) is 0 Å². The molecule has 0 unspecified atom stereocenters. The van der Waals surface area contributed by atoms with Crippen molar-refractivity contribution < 1.29 is 0 Å². The van der Waals surface area contributed by atoms with Gasteiger partial charge in [-0.25, -0.2) is 0 Å².